The summed E-state index contributed by atoms with van der Waals surface area (Å²) in [7, 11) is 0. The van der Waals surface area contributed by atoms with Crippen molar-refractivity contribution in [3.63, 3.8) is 0 Å². The summed E-state index contributed by atoms with van der Waals surface area (Å²) >= 11 is 0. The molecule has 1 aliphatic carbocycles. The maximum Gasteiger partial charge on any atom is 0.573 e. The number of hydrogen-bond donors (Lipinski definition) is 0. The van der Waals surface area contributed by atoms with Crippen molar-refractivity contribution >= 4 is 0 Å². The standard InChI is InChI=1S/C27H33F5O2/c1-2-3-4-5-6-7-19-8-10-20(11-9-19)18-33-24-17-16-23(25(28)26(24)29)21-12-14-22(15-13-21)34-27(30,31)32/h12-17,19-20H,2-11,18H2,1H3. The molecule has 0 bridgehead atoms. The zero-order valence-electron chi connectivity index (χ0n) is 19.6. The van der Waals surface area contributed by atoms with E-state index in [4.69, 9.17) is 4.74 Å². The van der Waals surface area contributed by atoms with Crippen molar-refractivity contribution in [3.8, 4) is 22.6 Å². The SMILES string of the molecule is CCCCCCCC1CCC(COc2ccc(-c3ccc(OC(F)(F)F)cc3)c(F)c2F)CC1. The summed E-state index contributed by atoms with van der Waals surface area (Å²) in [5.41, 5.74) is 0.188. The normalized spacial score (nSPS) is 18.6. The highest BCUT2D eigenvalue weighted by Crippen LogP contribution is 2.35. The highest BCUT2D eigenvalue weighted by atomic mass is 19.4. The first-order valence-corrected chi connectivity index (χ1v) is 12.2. The van der Waals surface area contributed by atoms with E-state index in [1.165, 1.54) is 62.8 Å². The lowest BCUT2D eigenvalue weighted by molar-refractivity contribution is -0.274. The van der Waals surface area contributed by atoms with E-state index in [9.17, 15) is 22.0 Å². The van der Waals surface area contributed by atoms with Crippen LogP contribution in [0.2, 0.25) is 0 Å². The van der Waals surface area contributed by atoms with Crippen molar-refractivity contribution in [2.75, 3.05) is 6.61 Å². The van der Waals surface area contributed by atoms with Crippen LogP contribution in [0.3, 0.4) is 0 Å². The molecule has 2 nitrogen and oxygen atoms in total. The Labute approximate surface area is 198 Å². The first-order chi connectivity index (χ1) is 16.3. The molecule has 7 heteroatoms. The van der Waals surface area contributed by atoms with E-state index in [1.54, 1.807) is 0 Å². The van der Waals surface area contributed by atoms with Crippen molar-refractivity contribution in [1.29, 1.82) is 0 Å². The van der Waals surface area contributed by atoms with E-state index in [1.807, 2.05) is 0 Å². The van der Waals surface area contributed by atoms with Crippen LogP contribution in [0.5, 0.6) is 11.5 Å². The van der Waals surface area contributed by atoms with Crippen LogP contribution in [-0.2, 0) is 0 Å². The molecule has 0 aromatic heterocycles. The summed E-state index contributed by atoms with van der Waals surface area (Å²) in [5, 5.41) is 0. The maximum absolute atomic E-state index is 14.7. The highest BCUT2D eigenvalue weighted by Gasteiger charge is 2.31. The maximum atomic E-state index is 14.7. The Morgan fingerprint density at radius 1 is 0.794 bits per heavy atom. The van der Waals surface area contributed by atoms with Gasteiger partial charge in [-0.3, -0.25) is 0 Å². The summed E-state index contributed by atoms with van der Waals surface area (Å²) in [4.78, 5) is 0. The van der Waals surface area contributed by atoms with Gasteiger partial charge < -0.3 is 9.47 Å². The summed E-state index contributed by atoms with van der Waals surface area (Å²) in [5.74, 6) is -1.65. The molecule has 0 spiro atoms. The smallest absolute Gasteiger partial charge is 0.490 e. The Morgan fingerprint density at radius 3 is 2.09 bits per heavy atom. The number of hydrogen-bond acceptors (Lipinski definition) is 2. The summed E-state index contributed by atoms with van der Waals surface area (Å²) in [6, 6.07) is 7.38. The molecule has 0 atom stereocenters. The molecular formula is C27H33F5O2. The van der Waals surface area contributed by atoms with E-state index in [0.29, 0.717) is 12.5 Å². The van der Waals surface area contributed by atoms with Gasteiger partial charge in [0.1, 0.15) is 5.75 Å². The lowest BCUT2D eigenvalue weighted by atomic mass is 9.80. The molecule has 3 rings (SSSR count). The van der Waals surface area contributed by atoms with Crippen LogP contribution in [0.15, 0.2) is 36.4 Å². The van der Waals surface area contributed by atoms with Gasteiger partial charge in [-0.25, -0.2) is 4.39 Å². The molecule has 0 N–H and O–H groups in total. The molecule has 2 aromatic carbocycles. The molecule has 1 fully saturated rings. The molecule has 0 aliphatic heterocycles. The number of ether oxygens (including phenoxy) is 2. The third kappa shape index (κ3) is 7.88. The van der Waals surface area contributed by atoms with Crippen molar-refractivity contribution in [2.45, 2.75) is 77.5 Å². The van der Waals surface area contributed by atoms with Crippen LogP contribution in [0.1, 0.15) is 71.1 Å². The van der Waals surface area contributed by atoms with E-state index >= 15 is 0 Å². The lowest BCUT2D eigenvalue weighted by Crippen LogP contribution is -2.20. The largest absolute Gasteiger partial charge is 0.573 e. The zero-order valence-corrected chi connectivity index (χ0v) is 19.6. The third-order valence-corrected chi connectivity index (χ3v) is 6.60. The third-order valence-electron chi connectivity index (χ3n) is 6.60. The van der Waals surface area contributed by atoms with Gasteiger partial charge in [0.05, 0.1) is 6.61 Å². The van der Waals surface area contributed by atoms with Gasteiger partial charge in [0.2, 0.25) is 5.82 Å². The van der Waals surface area contributed by atoms with Gasteiger partial charge in [-0.1, -0.05) is 70.4 Å². The van der Waals surface area contributed by atoms with E-state index < -0.39 is 23.7 Å². The molecule has 188 valence electrons. The quantitative estimate of drug-likeness (QED) is 0.234. The average molecular weight is 485 g/mol. The van der Waals surface area contributed by atoms with Crippen LogP contribution in [0.4, 0.5) is 22.0 Å². The number of unbranched alkanes of at least 4 members (excludes halogenated alkanes) is 4. The zero-order chi connectivity index (χ0) is 24.6. The second-order valence-corrected chi connectivity index (χ2v) is 9.21. The Balaban J connectivity index is 1.49. The van der Waals surface area contributed by atoms with Crippen LogP contribution in [0, 0.1) is 23.5 Å². The Bertz CT molecular complexity index is 887. The van der Waals surface area contributed by atoms with Crippen LogP contribution in [0.25, 0.3) is 11.1 Å². The van der Waals surface area contributed by atoms with Crippen molar-refractivity contribution in [1.82, 2.24) is 0 Å². The van der Waals surface area contributed by atoms with Crippen molar-refractivity contribution in [2.24, 2.45) is 11.8 Å². The number of alkyl halides is 3. The summed E-state index contributed by atoms with van der Waals surface area (Å²) in [6.07, 6.45) is 7.34. The van der Waals surface area contributed by atoms with Gasteiger partial charge in [-0.15, -0.1) is 13.2 Å². The molecule has 1 aliphatic rings. The fourth-order valence-electron chi connectivity index (χ4n) is 4.63. The molecule has 0 heterocycles. The average Bonchev–Trinajstić information content (AvgIpc) is 2.80. The lowest BCUT2D eigenvalue weighted by Gasteiger charge is -2.28. The van der Waals surface area contributed by atoms with Gasteiger partial charge in [0, 0.05) is 5.56 Å². The van der Waals surface area contributed by atoms with Gasteiger partial charge in [-0.05, 0) is 54.5 Å². The Hall–Kier alpha value is -2.31. The monoisotopic (exact) mass is 484 g/mol. The summed E-state index contributed by atoms with van der Waals surface area (Å²) in [6.45, 7) is 2.57. The fraction of sp³-hybridized carbons (Fsp3) is 0.556. The minimum Gasteiger partial charge on any atom is -0.490 e. The molecule has 0 saturated heterocycles. The van der Waals surface area contributed by atoms with Crippen LogP contribution < -0.4 is 9.47 Å². The summed E-state index contributed by atoms with van der Waals surface area (Å²) < 4.78 is 75.6. The molecule has 0 radical (unpaired) electrons. The van der Waals surface area contributed by atoms with E-state index in [2.05, 4.69) is 11.7 Å². The highest BCUT2D eigenvalue weighted by molar-refractivity contribution is 5.66. The molecule has 1 saturated carbocycles. The van der Waals surface area contributed by atoms with Crippen molar-refractivity contribution < 1.29 is 31.4 Å². The first-order valence-electron chi connectivity index (χ1n) is 12.2. The predicted octanol–water partition coefficient (Wildman–Crippen LogP) is 9.08. The minimum absolute atomic E-state index is 0.0529. The van der Waals surface area contributed by atoms with Gasteiger partial charge in [-0.2, -0.15) is 4.39 Å². The topological polar surface area (TPSA) is 18.5 Å². The Kier molecular flexibility index (Phi) is 9.60. The first kappa shape index (κ1) is 26.3. The van der Waals surface area contributed by atoms with Crippen LogP contribution in [-0.4, -0.2) is 13.0 Å². The minimum atomic E-state index is -4.81. The van der Waals surface area contributed by atoms with E-state index in [0.717, 1.165) is 43.7 Å². The van der Waals surface area contributed by atoms with Gasteiger partial charge >= 0.3 is 6.36 Å². The molecule has 34 heavy (non-hydrogen) atoms. The van der Waals surface area contributed by atoms with Gasteiger partial charge in [0.25, 0.3) is 0 Å². The number of rotatable bonds is 11. The molecule has 0 unspecified atom stereocenters. The van der Waals surface area contributed by atoms with Gasteiger partial charge in [0.15, 0.2) is 11.6 Å². The van der Waals surface area contributed by atoms with Crippen molar-refractivity contribution in [3.05, 3.63) is 48.0 Å². The fourth-order valence-corrected chi connectivity index (χ4v) is 4.63. The van der Waals surface area contributed by atoms with E-state index in [-0.39, 0.29) is 16.9 Å². The number of halogens is 5. The molecular weight excluding hydrogens is 451 g/mol. The second kappa shape index (κ2) is 12.4. The van der Waals surface area contributed by atoms with Crippen LogP contribution >= 0.6 is 0 Å². The second-order valence-electron chi connectivity index (χ2n) is 9.21. The Morgan fingerprint density at radius 2 is 1.44 bits per heavy atom. The molecule has 0 amide bonds. The predicted molar refractivity (Wildman–Crippen MR) is 123 cm³/mol. The number of benzene rings is 2. The molecule has 2 aromatic rings.